The first-order valence-electron chi connectivity index (χ1n) is 8.15. The van der Waals surface area contributed by atoms with E-state index in [1.807, 2.05) is 30.3 Å². The molecule has 0 saturated heterocycles. The van der Waals surface area contributed by atoms with Crippen molar-refractivity contribution in [3.63, 3.8) is 0 Å². The Bertz CT molecular complexity index is 914. The molecule has 2 aromatic heterocycles. The minimum absolute atomic E-state index is 0.0249. The highest BCUT2D eigenvalue weighted by Gasteiger charge is 2.36. The van der Waals surface area contributed by atoms with Gasteiger partial charge in [-0.2, -0.15) is 13.2 Å². The number of benzene rings is 1. The van der Waals surface area contributed by atoms with Gasteiger partial charge in [-0.25, -0.2) is 4.98 Å². The van der Waals surface area contributed by atoms with Gasteiger partial charge < -0.3 is 4.74 Å². The van der Waals surface area contributed by atoms with Gasteiger partial charge in [-0.3, -0.25) is 9.78 Å². The monoisotopic (exact) mass is 372 g/mol. The van der Waals surface area contributed by atoms with Crippen molar-refractivity contribution < 1.29 is 22.7 Å². The van der Waals surface area contributed by atoms with Gasteiger partial charge in [0.1, 0.15) is 5.69 Å². The molecule has 0 aliphatic heterocycles. The summed E-state index contributed by atoms with van der Waals surface area (Å²) < 4.78 is 45.3. The first-order valence-corrected chi connectivity index (χ1v) is 8.15. The third-order valence-corrected chi connectivity index (χ3v) is 3.80. The van der Waals surface area contributed by atoms with Crippen molar-refractivity contribution in [1.29, 1.82) is 0 Å². The van der Waals surface area contributed by atoms with Crippen LogP contribution < -0.4 is 4.74 Å². The van der Waals surface area contributed by atoms with E-state index in [1.54, 1.807) is 0 Å². The molecule has 2 heterocycles. The Hall–Kier alpha value is -3.22. The van der Waals surface area contributed by atoms with Gasteiger partial charge in [0.05, 0.1) is 12.2 Å². The number of ether oxygens (including phenoxy) is 1. The van der Waals surface area contributed by atoms with E-state index >= 15 is 0 Å². The second-order valence-corrected chi connectivity index (χ2v) is 5.70. The lowest BCUT2D eigenvalue weighted by atomic mass is 10.0. The summed E-state index contributed by atoms with van der Waals surface area (Å²) in [5.74, 6) is -0.893. The van der Waals surface area contributed by atoms with Crippen molar-refractivity contribution in [3.8, 4) is 5.88 Å². The fourth-order valence-electron chi connectivity index (χ4n) is 2.48. The standard InChI is InChI=1S/C20H15F3N2O2/c21-20(22,23)16-8-9-17(27-12-10-14-5-2-1-3-6-14)25-18(16)19(26)15-7-4-11-24-13-15/h1-9,11,13H,10,12H2. The Morgan fingerprint density at radius 2 is 1.78 bits per heavy atom. The molecule has 0 amide bonds. The van der Waals surface area contributed by atoms with Crippen molar-refractivity contribution >= 4 is 5.78 Å². The van der Waals surface area contributed by atoms with Gasteiger partial charge in [0.15, 0.2) is 0 Å². The minimum atomic E-state index is -4.71. The number of pyridine rings is 2. The van der Waals surface area contributed by atoms with Crippen LogP contribution in [0.1, 0.15) is 27.2 Å². The van der Waals surface area contributed by atoms with Crippen LogP contribution in [0.4, 0.5) is 13.2 Å². The summed E-state index contributed by atoms with van der Waals surface area (Å²) >= 11 is 0. The largest absolute Gasteiger partial charge is 0.477 e. The zero-order valence-corrected chi connectivity index (χ0v) is 14.1. The highest BCUT2D eigenvalue weighted by molar-refractivity contribution is 6.08. The molecule has 3 rings (SSSR count). The van der Waals surface area contributed by atoms with Gasteiger partial charge in [-0.05, 0) is 23.8 Å². The molecule has 0 N–H and O–H groups in total. The molecule has 3 aromatic rings. The second-order valence-electron chi connectivity index (χ2n) is 5.70. The molecule has 0 radical (unpaired) electrons. The van der Waals surface area contributed by atoms with Crippen LogP contribution in [0.25, 0.3) is 0 Å². The predicted molar refractivity (Wildman–Crippen MR) is 92.5 cm³/mol. The second kappa shape index (κ2) is 7.99. The zero-order valence-electron chi connectivity index (χ0n) is 14.1. The molecule has 4 nitrogen and oxygen atoms in total. The number of aromatic nitrogens is 2. The highest BCUT2D eigenvalue weighted by Crippen LogP contribution is 2.33. The number of carbonyl (C=O) groups excluding carboxylic acids is 1. The fraction of sp³-hybridized carbons (Fsp3) is 0.150. The van der Waals surface area contributed by atoms with E-state index in [9.17, 15) is 18.0 Å². The summed E-state index contributed by atoms with van der Waals surface area (Å²) in [6.45, 7) is 0.225. The van der Waals surface area contributed by atoms with E-state index in [-0.39, 0.29) is 18.1 Å². The Morgan fingerprint density at radius 1 is 1.00 bits per heavy atom. The molecule has 7 heteroatoms. The first-order chi connectivity index (χ1) is 12.9. The van der Waals surface area contributed by atoms with Crippen molar-refractivity contribution in [3.05, 3.63) is 89.4 Å². The minimum Gasteiger partial charge on any atom is -0.477 e. The smallest absolute Gasteiger partial charge is 0.418 e. The van der Waals surface area contributed by atoms with Gasteiger partial charge in [0.2, 0.25) is 11.7 Å². The predicted octanol–water partition coefficient (Wildman–Crippen LogP) is 4.35. The molecule has 0 spiro atoms. The van der Waals surface area contributed by atoms with E-state index in [0.29, 0.717) is 6.42 Å². The van der Waals surface area contributed by atoms with Crippen LogP contribution in [0, 0.1) is 0 Å². The molecule has 0 unspecified atom stereocenters. The van der Waals surface area contributed by atoms with Crippen LogP contribution in [-0.2, 0) is 12.6 Å². The fourth-order valence-corrected chi connectivity index (χ4v) is 2.48. The molecule has 138 valence electrons. The highest BCUT2D eigenvalue weighted by atomic mass is 19.4. The van der Waals surface area contributed by atoms with Gasteiger partial charge >= 0.3 is 6.18 Å². The third kappa shape index (κ3) is 4.69. The number of rotatable bonds is 6. The summed E-state index contributed by atoms with van der Waals surface area (Å²) in [5, 5.41) is 0. The van der Waals surface area contributed by atoms with E-state index < -0.39 is 23.2 Å². The number of ketones is 1. The summed E-state index contributed by atoms with van der Waals surface area (Å²) in [5.41, 5.74) is -0.757. The van der Waals surface area contributed by atoms with Crippen molar-refractivity contribution in [2.24, 2.45) is 0 Å². The average molecular weight is 372 g/mol. The summed E-state index contributed by atoms with van der Waals surface area (Å²) in [7, 11) is 0. The van der Waals surface area contributed by atoms with Gasteiger partial charge in [-0.15, -0.1) is 0 Å². The molecule has 0 atom stereocenters. The van der Waals surface area contributed by atoms with Crippen molar-refractivity contribution in [2.45, 2.75) is 12.6 Å². The van der Waals surface area contributed by atoms with Crippen LogP contribution >= 0.6 is 0 Å². The maximum Gasteiger partial charge on any atom is 0.418 e. The van der Waals surface area contributed by atoms with Gasteiger partial charge in [0, 0.05) is 30.4 Å². The summed E-state index contributed by atoms with van der Waals surface area (Å²) in [4.78, 5) is 20.1. The third-order valence-electron chi connectivity index (χ3n) is 3.80. The SMILES string of the molecule is O=C(c1cccnc1)c1nc(OCCc2ccccc2)ccc1C(F)(F)F. The normalized spacial score (nSPS) is 11.2. The van der Waals surface area contributed by atoms with Crippen molar-refractivity contribution in [1.82, 2.24) is 9.97 Å². The van der Waals surface area contributed by atoms with E-state index in [0.717, 1.165) is 17.7 Å². The van der Waals surface area contributed by atoms with Crippen LogP contribution in [0.2, 0.25) is 0 Å². The maximum atomic E-state index is 13.3. The molecular weight excluding hydrogens is 357 g/mol. The lowest BCUT2D eigenvalue weighted by Gasteiger charge is -2.13. The number of halogens is 3. The maximum absolute atomic E-state index is 13.3. The average Bonchev–Trinajstić information content (AvgIpc) is 2.68. The molecule has 1 aromatic carbocycles. The molecule has 0 aliphatic carbocycles. The zero-order chi connectivity index (χ0) is 19.3. The van der Waals surface area contributed by atoms with E-state index in [1.165, 1.54) is 24.5 Å². The van der Waals surface area contributed by atoms with Crippen LogP contribution in [0.15, 0.2) is 67.0 Å². The lowest BCUT2D eigenvalue weighted by Crippen LogP contribution is -2.17. The summed E-state index contributed by atoms with van der Waals surface area (Å²) in [6.07, 6.45) is -1.51. The number of hydrogen-bond acceptors (Lipinski definition) is 4. The number of hydrogen-bond donors (Lipinski definition) is 0. The van der Waals surface area contributed by atoms with Gasteiger partial charge in [0.25, 0.3) is 0 Å². The topological polar surface area (TPSA) is 52.1 Å². The molecular formula is C20H15F3N2O2. The number of nitrogens with zero attached hydrogens (tertiary/aromatic N) is 2. The Morgan fingerprint density at radius 3 is 2.44 bits per heavy atom. The Kier molecular flexibility index (Phi) is 5.49. The first kappa shape index (κ1) is 18.6. The van der Waals surface area contributed by atoms with E-state index in [2.05, 4.69) is 9.97 Å². The quantitative estimate of drug-likeness (QED) is 0.604. The lowest BCUT2D eigenvalue weighted by molar-refractivity contribution is -0.138. The molecule has 0 bridgehead atoms. The number of alkyl halides is 3. The summed E-state index contributed by atoms with van der Waals surface area (Å²) in [6, 6.07) is 14.3. The molecule has 27 heavy (non-hydrogen) atoms. The van der Waals surface area contributed by atoms with Gasteiger partial charge in [-0.1, -0.05) is 30.3 Å². The van der Waals surface area contributed by atoms with Crippen molar-refractivity contribution in [2.75, 3.05) is 6.61 Å². The Balaban J connectivity index is 1.83. The van der Waals surface area contributed by atoms with Crippen LogP contribution in [0.5, 0.6) is 5.88 Å². The Labute approximate surface area is 153 Å². The van der Waals surface area contributed by atoms with Crippen LogP contribution in [-0.4, -0.2) is 22.4 Å². The van der Waals surface area contributed by atoms with E-state index in [4.69, 9.17) is 4.74 Å². The molecule has 0 fully saturated rings. The molecule has 0 aliphatic rings. The number of carbonyl (C=O) groups is 1. The van der Waals surface area contributed by atoms with Crippen LogP contribution in [0.3, 0.4) is 0 Å². The molecule has 0 saturated carbocycles.